The summed E-state index contributed by atoms with van der Waals surface area (Å²) in [5, 5.41) is 4.31. The molecule has 0 saturated heterocycles. The molecular formula is C13H9BrCl2N2S. The van der Waals surface area contributed by atoms with Crippen LogP contribution in [0.25, 0.3) is 0 Å². The maximum atomic E-state index is 6.18. The second kappa shape index (κ2) is 6.09. The quantitative estimate of drug-likeness (QED) is 0.730. The molecule has 2 aromatic rings. The van der Waals surface area contributed by atoms with Gasteiger partial charge in [-0.25, -0.2) is 0 Å². The van der Waals surface area contributed by atoms with E-state index in [1.54, 1.807) is 12.1 Å². The third kappa shape index (κ3) is 3.60. The van der Waals surface area contributed by atoms with Crippen LogP contribution in [0.4, 0.5) is 11.4 Å². The fraction of sp³-hybridized carbons (Fsp3) is 0. The molecule has 0 heterocycles. The molecule has 0 atom stereocenters. The Morgan fingerprint density at radius 3 is 2.42 bits per heavy atom. The Kier molecular flexibility index (Phi) is 4.68. The van der Waals surface area contributed by atoms with Gasteiger partial charge in [0.05, 0.1) is 21.4 Å². The summed E-state index contributed by atoms with van der Waals surface area (Å²) >= 11 is 20.6. The van der Waals surface area contributed by atoms with E-state index in [1.165, 1.54) is 0 Å². The van der Waals surface area contributed by atoms with Crippen molar-refractivity contribution in [2.75, 3.05) is 5.32 Å². The number of anilines is 2. The number of benzene rings is 2. The van der Waals surface area contributed by atoms with E-state index in [-0.39, 0.29) is 0 Å². The molecule has 0 aliphatic rings. The van der Waals surface area contributed by atoms with Crippen molar-refractivity contribution < 1.29 is 0 Å². The Labute approximate surface area is 135 Å². The van der Waals surface area contributed by atoms with Gasteiger partial charge in [-0.15, -0.1) is 0 Å². The summed E-state index contributed by atoms with van der Waals surface area (Å²) < 4.78 is 0.926. The molecule has 0 amide bonds. The molecule has 0 saturated carbocycles. The predicted octanol–water partition coefficient (Wildman–Crippen LogP) is 5.13. The minimum Gasteiger partial charge on any atom is -0.389 e. The average Bonchev–Trinajstić information content (AvgIpc) is 2.36. The highest BCUT2D eigenvalue weighted by molar-refractivity contribution is 9.10. The molecule has 0 aliphatic carbocycles. The number of nitrogens with one attached hydrogen (secondary N) is 1. The van der Waals surface area contributed by atoms with Gasteiger partial charge in [-0.2, -0.15) is 0 Å². The zero-order chi connectivity index (χ0) is 14.0. The van der Waals surface area contributed by atoms with Crippen LogP contribution < -0.4 is 11.1 Å². The Morgan fingerprint density at radius 2 is 1.79 bits per heavy atom. The first-order chi connectivity index (χ1) is 8.97. The van der Waals surface area contributed by atoms with Crippen LogP contribution >= 0.6 is 51.3 Å². The van der Waals surface area contributed by atoms with Crippen LogP contribution in [0, 0.1) is 0 Å². The van der Waals surface area contributed by atoms with Gasteiger partial charge in [0.25, 0.3) is 0 Å². The summed E-state index contributed by atoms with van der Waals surface area (Å²) in [6, 6.07) is 10.9. The van der Waals surface area contributed by atoms with Gasteiger partial charge >= 0.3 is 0 Å². The van der Waals surface area contributed by atoms with Gasteiger partial charge in [-0.3, -0.25) is 0 Å². The number of hydrogen-bond acceptors (Lipinski definition) is 2. The lowest BCUT2D eigenvalue weighted by Gasteiger charge is -2.11. The van der Waals surface area contributed by atoms with Crippen molar-refractivity contribution in [3.8, 4) is 0 Å². The lowest BCUT2D eigenvalue weighted by Crippen LogP contribution is -2.09. The molecule has 0 aliphatic heterocycles. The molecule has 6 heteroatoms. The van der Waals surface area contributed by atoms with E-state index < -0.39 is 0 Å². The second-order valence-corrected chi connectivity index (χ2v) is 5.98. The monoisotopic (exact) mass is 374 g/mol. The summed E-state index contributed by atoms with van der Waals surface area (Å²) in [4.78, 5) is 0.314. The van der Waals surface area contributed by atoms with E-state index >= 15 is 0 Å². The fourth-order valence-electron chi connectivity index (χ4n) is 1.51. The van der Waals surface area contributed by atoms with E-state index in [1.807, 2.05) is 24.3 Å². The van der Waals surface area contributed by atoms with Gasteiger partial charge < -0.3 is 11.1 Å². The normalized spacial score (nSPS) is 10.3. The Balaban J connectivity index is 2.33. The highest BCUT2D eigenvalue weighted by Crippen LogP contribution is 2.32. The van der Waals surface area contributed by atoms with Crippen molar-refractivity contribution in [3.63, 3.8) is 0 Å². The van der Waals surface area contributed by atoms with Crippen molar-refractivity contribution in [1.82, 2.24) is 0 Å². The van der Waals surface area contributed by atoms with E-state index in [4.69, 9.17) is 41.2 Å². The van der Waals surface area contributed by atoms with Crippen LogP contribution in [0.2, 0.25) is 10.0 Å². The van der Waals surface area contributed by atoms with Gasteiger partial charge in [0.15, 0.2) is 0 Å². The number of rotatable bonds is 3. The number of nitrogens with two attached hydrogens (primary N) is 1. The van der Waals surface area contributed by atoms with Crippen LogP contribution in [0.3, 0.4) is 0 Å². The standard InChI is InChI=1S/C13H9BrCl2N2S/c14-8-2-3-9(15)12(6-8)18-11-4-1-7(13(17)19)5-10(11)16/h1-6,18H,(H2,17,19). The molecule has 0 fully saturated rings. The Bertz CT molecular complexity index is 647. The summed E-state index contributed by atoms with van der Waals surface area (Å²) in [7, 11) is 0. The molecule has 0 spiro atoms. The molecule has 0 aromatic heterocycles. The molecule has 0 radical (unpaired) electrons. The first-order valence-corrected chi connectivity index (χ1v) is 7.24. The summed E-state index contributed by atoms with van der Waals surface area (Å²) in [6.45, 7) is 0. The Hall–Kier alpha value is -0.810. The molecule has 2 aromatic carbocycles. The SMILES string of the molecule is NC(=S)c1ccc(Nc2cc(Br)ccc2Cl)c(Cl)c1. The lowest BCUT2D eigenvalue weighted by atomic mass is 10.2. The molecule has 2 nitrogen and oxygen atoms in total. The fourth-order valence-corrected chi connectivity index (χ4v) is 2.39. The molecule has 98 valence electrons. The molecule has 0 unspecified atom stereocenters. The smallest absolute Gasteiger partial charge is 0.104 e. The van der Waals surface area contributed by atoms with E-state index in [0.29, 0.717) is 15.0 Å². The van der Waals surface area contributed by atoms with Crippen LogP contribution in [-0.4, -0.2) is 4.99 Å². The first-order valence-electron chi connectivity index (χ1n) is 5.29. The summed E-state index contributed by atoms with van der Waals surface area (Å²) in [5.41, 5.74) is 7.78. The topological polar surface area (TPSA) is 38.0 Å². The molecule has 3 N–H and O–H groups in total. The highest BCUT2D eigenvalue weighted by atomic mass is 79.9. The van der Waals surface area contributed by atoms with Gasteiger partial charge in [0.2, 0.25) is 0 Å². The van der Waals surface area contributed by atoms with Crippen molar-refractivity contribution >= 4 is 67.7 Å². The maximum Gasteiger partial charge on any atom is 0.104 e. The zero-order valence-electron chi connectivity index (χ0n) is 9.58. The van der Waals surface area contributed by atoms with Crippen LogP contribution in [0.1, 0.15) is 5.56 Å². The number of thiocarbonyl (C=S) groups is 1. The number of halogens is 3. The third-order valence-electron chi connectivity index (χ3n) is 2.45. The van der Waals surface area contributed by atoms with Crippen LogP contribution in [-0.2, 0) is 0 Å². The van der Waals surface area contributed by atoms with Crippen molar-refractivity contribution in [2.24, 2.45) is 5.73 Å². The first kappa shape index (κ1) is 14.6. The van der Waals surface area contributed by atoms with E-state index in [0.717, 1.165) is 21.4 Å². The molecule has 19 heavy (non-hydrogen) atoms. The van der Waals surface area contributed by atoms with E-state index in [9.17, 15) is 0 Å². The lowest BCUT2D eigenvalue weighted by molar-refractivity contribution is 1.52. The summed E-state index contributed by atoms with van der Waals surface area (Å²) in [5.74, 6) is 0. The van der Waals surface area contributed by atoms with Gasteiger partial charge in [-0.05, 0) is 36.4 Å². The molecule has 2 rings (SSSR count). The van der Waals surface area contributed by atoms with Crippen LogP contribution in [0.5, 0.6) is 0 Å². The van der Waals surface area contributed by atoms with Crippen molar-refractivity contribution in [2.45, 2.75) is 0 Å². The molecule has 0 bridgehead atoms. The zero-order valence-corrected chi connectivity index (χ0v) is 13.5. The average molecular weight is 376 g/mol. The number of hydrogen-bond donors (Lipinski definition) is 2. The second-order valence-electron chi connectivity index (χ2n) is 3.81. The highest BCUT2D eigenvalue weighted by Gasteiger charge is 2.06. The van der Waals surface area contributed by atoms with Crippen molar-refractivity contribution in [3.05, 3.63) is 56.5 Å². The van der Waals surface area contributed by atoms with Gasteiger partial charge in [-0.1, -0.05) is 51.3 Å². The summed E-state index contributed by atoms with van der Waals surface area (Å²) in [6.07, 6.45) is 0. The van der Waals surface area contributed by atoms with E-state index in [2.05, 4.69) is 21.2 Å². The largest absolute Gasteiger partial charge is 0.389 e. The predicted molar refractivity (Wildman–Crippen MR) is 89.8 cm³/mol. The van der Waals surface area contributed by atoms with Crippen molar-refractivity contribution in [1.29, 1.82) is 0 Å². The minimum atomic E-state index is 0.314. The van der Waals surface area contributed by atoms with Gasteiger partial charge in [0, 0.05) is 10.0 Å². The molecular weight excluding hydrogens is 367 g/mol. The Morgan fingerprint density at radius 1 is 1.05 bits per heavy atom. The van der Waals surface area contributed by atoms with Gasteiger partial charge in [0.1, 0.15) is 4.99 Å². The maximum absolute atomic E-state index is 6.18. The minimum absolute atomic E-state index is 0.314. The van der Waals surface area contributed by atoms with Crippen LogP contribution in [0.15, 0.2) is 40.9 Å². The third-order valence-corrected chi connectivity index (χ3v) is 3.82.